The number of carboxylic acid groups (broad SMARTS) is 1. The number of halogens is 3. The molecule has 0 atom stereocenters. The fraction of sp³-hybridized carbons (Fsp3) is 0.500. The third-order valence-corrected chi connectivity index (χ3v) is 2.63. The Balaban J connectivity index is 2.41. The second kappa shape index (κ2) is 5.50. The Kier molecular flexibility index (Phi) is 3.91. The minimum atomic E-state index is -4.88. The van der Waals surface area contributed by atoms with Gasteiger partial charge in [0.1, 0.15) is 18.7 Å². The molecule has 0 radical (unpaired) electrons. The summed E-state index contributed by atoms with van der Waals surface area (Å²) in [4.78, 5) is 14.7. The molecule has 0 bridgehead atoms. The van der Waals surface area contributed by atoms with Crippen molar-refractivity contribution in [2.45, 2.75) is 32.6 Å². The lowest BCUT2D eigenvalue weighted by atomic mass is 10.3. The number of nitrogens with zero attached hydrogens (tertiary/aromatic N) is 6. The van der Waals surface area contributed by atoms with Gasteiger partial charge in [-0.05, 0) is 6.42 Å². The van der Waals surface area contributed by atoms with E-state index in [1.165, 1.54) is 11.0 Å². The number of aromatic carboxylic acids is 1. The summed E-state index contributed by atoms with van der Waals surface area (Å²) < 4.78 is 40.8. The highest BCUT2D eigenvalue weighted by molar-refractivity contribution is 5.86. The van der Waals surface area contributed by atoms with Gasteiger partial charge in [0.2, 0.25) is 5.69 Å². The zero-order chi connectivity index (χ0) is 15.6. The van der Waals surface area contributed by atoms with Crippen molar-refractivity contribution in [2.75, 3.05) is 0 Å². The number of aromatic nitrogens is 6. The highest BCUT2D eigenvalue weighted by Gasteiger charge is 2.41. The van der Waals surface area contributed by atoms with E-state index in [2.05, 4.69) is 20.4 Å². The highest BCUT2D eigenvalue weighted by Crippen LogP contribution is 2.31. The molecule has 21 heavy (non-hydrogen) atoms. The lowest BCUT2D eigenvalue weighted by Gasteiger charge is -2.10. The summed E-state index contributed by atoms with van der Waals surface area (Å²) in [5, 5.41) is 19.0. The summed E-state index contributed by atoms with van der Waals surface area (Å²) in [5.41, 5.74) is -2.55. The van der Waals surface area contributed by atoms with Crippen molar-refractivity contribution >= 4 is 5.97 Å². The van der Waals surface area contributed by atoms with E-state index in [0.29, 0.717) is 11.2 Å². The molecule has 11 heteroatoms. The SMILES string of the molecule is CCCn1ncnc1Cn1nnc(C(=O)O)c1C(F)(F)F. The van der Waals surface area contributed by atoms with Crippen LogP contribution in [-0.4, -0.2) is 40.8 Å². The average Bonchev–Trinajstić information content (AvgIpc) is 2.97. The number of carbonyl (C=O) groups is 1. The summed E-state index contributed by atoms with van der Waals surface area (Å²) in [6, 6.07) is 0. The van der Waals surface area contributed by atoms with Gasteiger partial charge in [-0.3, -0.25) is 0 Å². The fourth-order valence-electron chi connectivity index (χ4n) is 1.79. The van der Waals surface area contributed by atoms with Gasteiger partial charge in [-0.25, -0.2) is 19.1 Å². The molecule has 0 aliphatic rings. The molecule has 2 aromatic heterocycles. The number of carboxylic acids is 1. The molecule has 0 spiro atoms. The number of hydrogen-bond acceptors (Lipinski definition) is 5. The number of aryl methyl sites for hydroxylation is 1. The molecule has 114 valence electrons. The Morgan fingerprint density at radius 2 is 2.10 bits per heavy atom. The van der Waals surface area contributed by atoms with Gasteiger partial charge < -0.3 is 5.11 Å². The average molecular weight is 304 g/mol. The van der Waals surface area contributed by atoms with Crippen molar-refractivity contribution in [3.05, 3.63) is 23.5 Å². The van der Waals surface area contributed by atoms with Gasteiger partial charge in [0.05, 0.1) is 0 Å². The van der Waals surface area contributed by atoms with Crippen LogP contribution in [0, 0.1) is 0 Å². The molecule has 0 aliphatic carbocycles. The summed E-state index contributed by atoms with van der Waals surface area (Å²) >= 11 is 0. The van der Waals surface area contributed by atoms with Crippen LogP contribution in [0.4, 0.5) is 13.2 Å². The molecule has 8 nitrogen and oxygen atoms in total. The summed E-state index contributed by atoms with van der Waals surface area (Å²) in [7, 11) is 0. The molecule has 0 amide bonds. The van der Waals surface area contributed by atoms with Crippen molar-refractivity contribution < 1.29 is 23.1 Å². The maximum Gasteiger partial charge on any atom is 0.435 e. The largest absolute Gasteiger partial charge is 0.476 e. The molecule has 0 fully saturated rings. The number of rotatable bonds is 5. The predicted molar refractivity (Wildman–Crippen MR) is 61.4 cm³/mol. The van der Waals surface area contributed by atoms with Crippen molar-refractivity contribution in [3.8, 4) is 0 Å². The Bertz CT molecular complexity index is 648. The van der Waals surface area contributed by atoms with Crippen LogP contribution in [0.5, 0.6) is 0 Å². The first-order chi connectivity index (χ1) is 9.84. The second-order valence-corrected chi connectivity index (χ2v) is 4.15. The van der Waals surface area contributed by atoms with E-state index in [4.69, 9.17) is 5.11 Å². The van der Waals surface area contributed by atoms with Crippen molar-refractivity contribution in [1.82, 2.24) is 29.8 Å². The maximum atomic E-state index is 13.0. The van der Waals surface area contributed by atoms with Gasteiger partial charge in [-0.1, -0.05) is 12.1 Å². The van der Waals surface area contributed by atoms with E-state index in [1.54, 1.807) is 0 Å². The molecular formula is C10H11F3N6O2. The molecular weight excluding hydrogens is 293 g/mol. The topological polar surface area (TPSA) is 98.7 Å². The lowest BCUT2D eigenvalue weighted by molar-refractivity contribution is -0.144. The van der Waals surface area contributed by atoms with Crippen molar-refractivity contribution in [2.24, 2.45) is 0 Å². The first-order valence-corrected chi connectivity index (χ1v) is 5.95. The molecule has 0 saturated carbocycles. The van der Waals surface area contributed by atoms with Gasteiger partial charge >= 0.3 is 12.1 Å². The minimum absolute atomic E-state index is 0.240. The van der Waals surface area contributed by atoms with Gasteiger partial charge in [0, 0.05) is 6.54 Å². The maximum absolute atomic E-state index is 13.0. The standard InChI is InChI=1S/C10H11F3N6O2/c1-2-3-18-6(14-5-15-18)4-19-8(10(11,12)13)7(9(20)21)16-17-19/h5H,2-4H2,1H3,(H,20,21). The molecule has 0 saturated heterocycles. The Hall–Kier alpha value is -2.46. The third-order valence-electron chi connectivity index (χ3n) is 2.63. The molecule has 0 aromatic carbocycles. The van der Waals surface area contributed by atoms with E-state index < -0.39 is 23.5 Å². The quantitative estimate of drug-likeness (QED) is 0.886. The van der Waals surface area contributed by atoms with Crippen LogP contribution in [0.15, 0.2) is 6.33 Å². The summed E-state index contributed by atoms with van der Waals surface area (Å²) in [6.45, 7) is 2.00. The van der Waals surface area contributed by atoms with Crippen LogP contribution in [-0.2, 0) is 19.3 Å². The van der Waals surface area contributed by atoms with Crippen LogP contribution in [0.2, 0.25) is 0 Å². The Morgan fingerprint density at radius 3 is 2.67 bits per heavy atom. The van der Waals surface area contributed by atoms with Gasteiger partial charge in [0.25, 0.3) is 0 Å². The van der Waals surface area contributed by atoms with Crippen LogP contribution in [0.1, 0.15) is 35.4 Å². The Labute approximate surface area is 116 Å². The molecule has 1 N–H and O–H groups in total. The minimum Gasteiger partial charge on any atom is -0.476 e. The van der Waals surface area contributed by atoms with Gasteiger partial charge in [-0.2, -0.15) is 18.3 Å². The molecule has 2 rings (SSSR count). The van der Waals surface area contributed by atoms with E-state index in [9.17, 15) is 18.0 Å². The van der Waals surface area contributed by atoms with E-state index in [-0.39, 0.29) is 12.4 Å². The molecule has 0 unspecified atom stereocenters. The lowest BCUT2D eigenvalue weighted by Crippen LogP contribution is -2.20. The number of hydrogen-bond donors (Lipinski definition) is 1. The van der Waals surface area contributed by atoms with Crippen LogP contribution >= 0.6 is 0 Å². The first-order valence-electron chi connectivity index (χ1n) is 5.95. The van der Waals surface area contributed by atoms with Crippen molar-refractivity contribution in [1.29, 1.82) is 0 Å². The van der Waals surface area contributed by atoms with Gasteiger partial charge in [-0.15, -0.1) is 5.10 Å². The van der Waals surface area contributed by atoms with Gasteiger partial charge in [0.15, 0.2) is 5.69 Å². The van der Waals surface area contributed by atoms with Crippen LogP contribution in [0.25, 0.3) is 0 Å². The predicted octanol–water partition coefficient (Wildman–Crippen LogP) is 1.04. The monoisotopic (exact) mass is 304 g/mol. The van der Waals surface area contributed by atoms with E-state index in [1.807, 2.05) is 6.92 Å². The molecule has 2 aromatic rings. The first kappa shape index (κ1) is 14.9. The second-order valence-electron chi connectivity index (χ2n) is 4.15. The summed E-state index contributed by atoms with van der Waals surface area (Å²) in [5.74, 6) is -1.55. The molecule has 0 aliphatic heterocycles. The number of alkyl halides is 3. The Morgan fingerprint density at radius 1 is 1.38 bits per heavy atom. The fourth-order valence-corrected chi connectivity index (χ4v) is 1.79. The third kappa shape index (κ3) is 3.01. The smallest absolute Gasteiger partial charge is 0.435 e. The zero-order valence-electron chi connectivity index (χ0n) is 10.9. The normalized spacial score (nSPS) is 11.8. The van der Waals surface area contributed by atoms with E-state index in [0.717, 1.165) is 6.42 Å². The van der Waals surface area contributed by atoms with Crippen molar-refractivity contribution in [3.63, 3.8) is 0 Å². The van der Waals surface area contributed by atoms with E-state index >= 15 is 0 Å². The van der Waals surface area contributed by atoms with Crippen LogP contribution < -0.4 is 0 Å². The molecule has 2 heterocycles. The summed E-state index contributed by atoms with van der Waals surface area (Å²) in [6.07, 6.45) is -2.94. The highest BCUT2D eigenvalue weighted by atomic mass is 19.4. The van der Waals surface area contributed by atoms with Crippen LogP contribution in [0.3, 0.4) is 0 Å². The zero-order valence-corrected chi connectivity index (χ0v) is 10.9.